The van der Waals surface area contributed by atoms with Gasteiger partial charge >= 0.3 is 0 Å². The second-order valence-corrected chi connectivity index (χ2v) is 4.11. The molecule has 1 atom stereocenters. The van der Waals surface area contributed by atoms with Crippen molar-refractivity contribution in [2.45, 2.75) is 25.3 Å². The highest BCUT2D eigenvalue weighted by atomic mass is 16.5. The first kappa shape index (κ1) is 11.3. The Kier molecular flexibility index (Phi) is 3.67. The van der Waals surface area contributed by atoms with Gasteiger partial charge in [0.1, 0.15) is 11.5 Å². The van der Waals surface area contributed by atoms with Crippen LogP contribution in [0.15, 0.2) is 18.2 Å². The Morgan fingerprint density at radius 3 is 2.69 bits per heavy atom. The molecule has 1 heterocycles. The first-order chi connectivity index (χ1) is 7.85. The predicted octanol–water partition coefficient (Wildman–Crippen LogP) is 2.52. The van der Waals surface area contributed by atoms with E-state index in [0.717, 1.165) is 18.0 Å². The third-order valence-electron chi connectivity index (χ3n) is 3.12. The summed E-state index contributed by atoms with van der Waals surface area (Å²) in [6, 6.07) is 6.39. The van der Waals surface area contributed by atoms with Crippen LogP contribution < -0.4 is 14.8 Å². The quantitative estimate of drug-likeness (QED) is 0.850. The minimum Gasteiger partial charge on any atom is -0.497 e. The fourth-order valence-electron chi connectivity index (χ4n) is 2.23. The maximum atomic E-state index is 5.40. The van der Waals surface area contributed by atoms with E-state index in [1.807, 2.05) is 12.1 Å². The summed E-state index contributed by atoms with van der Waals surface area (Å²) in [6.07, 6.45) is 3.71. The van der Waals surface area contributed by atoms with Gasteiger partial charge in [-0.3, -0.25) is 0 Å². The number of rotatable bonds is 3. The van der Waals surface area contributed by atoms with Gasteiger partial charge in [0.15, 0.2) is 0 Å². The van der Waals surface area contributed by atoms with Crippen LogP contribution in [-0.4, -0.2) is 20.8 Å². The largest absolute Gasteiger partial charge is 0.497 e. The lowest BCUT2D eigenvalue weighted by atomic mass is 9.96. The SMILES string of the molecule is COc1ccc(OC)c([C@H]2CCCCN2)c1. The van der Waals surface area contributed by atoms with E-state index in [9.17, 15) is 0 Å². The van der Waals surface area contributed by atoms with Crippen LogP contribution in [0.5, 0.6) is 11.5 Å². The summed E-state index contributed by atoms with van der Waals surface area (Å²) in [6.45, 7) is 1.09. The molecule has 0 spiro atoms. The Labute approximate surface area is 96.8 Å². The van der Waals surface area contributed by atoms with E-state index in [1.165, 1.54) is 24.8 Å². The highest BCUT2D eigenvalue weighted by Gasteiger charge is 2.18. The predicted molar refractivity (Wildman–Crippen MR) is 64.1 cm³/mol. The number of ether oxygens (including phenoxy) is 2. The molecule has 2 rings (SSSR count). The van der Waals surface area contributed by atoms with Gasteiger partial charge in [-0.1, -0.05) is 6.42 Å². The van der Waals surface area contributed by atoms with Gasteiger partial charge in [0.25, 0.3) is 0 Å². The van der Waals surface area contributed by atoms with Crippen LogP contribution in [0.3, 0.4) is 0 Å². The Hall–Kier alpha value is -1.22. The Morgan fingerprint density at radius 1 is 1.19 bits per heavy atom. The molecule has 0 unspecified atom stereocenters. The third kappa shape index (κ3) is 2.30. The van der Waals surface area contributed by atoms with Gasteiger partial charge in [0, 0.05) is 11.6 Å². The third-order valence-corrected chi connectivity index (χ3v) is 3.12. The molecular formula is C13H19NO2. The van der Waals surface area contributed by atoms with Crippen LogP contribution in [0.2, 0.25) is 0 Å². The molecule has 1 fully saturated rings. The van der Waals surface area contributed by atoms with Crippen molar-refractivity contribution in [3.8, 4) is 11.5 Å². The maximum absolute atomic E-state index is 5.40. The molecule has 0 aromatic heterocycles. The highest BCUT2D eigenvalue weighted by Crippen LogP contribution is 2.33. The number of piperidine rings is 1. The van der Waals surface area contributed by atoms with Crippen LogP contribution in [0, 0.1) is 0 Å². The summed E-state index contributed by atoms with van der Waals surface area (Å²) in [5, 5.41) is 3.53. The van der Waals surface area contributed by atoms with Crippen LogP contribution >= 0.6 is 0 Å². The maximum Gasteiger partial charge on any atom is 0.123 e. The van der Waals surface area contributed by atoms with E-state index in [2.05, 4.69) is 11.4 Å². The molecule has 1 aliphatic rings. The van der Waals surface area contributed by atoms with Crippen molar-refractivity contribution >= 4 is 0 Å². The van der Waals surface area contributed by atoms with Crippen molar-refractivity contribution in [2.24, 2.45) is 0 Å². The number of hydrogen-bond acceptors (Lipinski definition) is 3. The lowest BCUT2D eigenvalue weighted by Crippen LogP contribution is -2.27. The first-order valence-electron chi connectivity index (χ1n) is 5.80. The minimum absolute atomic E-state index is 0.402. The van der Waals surface area contributed by atoms with Gasteiger partial charge < -0.3 is 14.8 Å². The van der Waals surface area contributed by atoms with Gasteiger partial charge in [-0.2, -0.15) is 0 Å². The standard InChI is InChI=1S/C13H19NO2/c1-15-10-6-7-13(16-2)11(9-10)12-5-3-4-8-14-12/h6-7,9,12,14H,3-5,8H2,1-2H3/t12-/m1/s1. The molecule has 0 aliphatic carbocycles. The van der Waals surface area contributed by atoms with Gasteiger partial charge in [-0.25, -0.2) is 0 Å². The monoisotopic (exact) mass is 221 g/mol. The van der Waals surface area contributed by atoms with Gasteiger partial charge in [-0.05, 0) is 37.6 Å². The molecule has 3 heteroatoms. The summed E-state index contributed by atoms with van der Waals surface area (Å²) in [5.41, 5.74) is 1.21. The van der Waals surface area contributed by atoms with Gasteiger partial charge in [0.05, 0.1) is 14.2 Å². The molecule has 0 bridgehead atoms. The second-order valence-electron chi connectivity index (χ2n) is 4.11. The smallest absolute Gasteiger partial charge is 0.123 e. The van der Waals surface area contributed by atoms with Crippen molar-refractivity contribution < 1.29 is 9.47 Å². The molecule has 0 amide bonds. The van der Waals surface area contributed by atoms with Crippen molar-refractivity contribution in [3.63, 3.8) is 0 Å². The summed E-state index contributed by atoms with van der Waals surface area (Å²) in [4.78, 5) is 0. The van der Waals surface area contributed by atoms with Crippen LogP contribution in [0.1, 0.15) is 30.9 Å². The zero-order valence-electron chi connectivity index (χ0n) is 9.95. The zero-order chi connectivity index (χ0) is 11.4. The summed E-state index contributed by atoms with van der Waals surface area (Å²) >= 11 is 0. The van der Waals surface area contributed by atoms with Crippen LogP contribution in [0.4, 0.5) is 0 Å². The highest BCUT2D eigenvalue weighted by molar-refractivity contribution is 5.42. The summed E-state index contributed by atoms with van der Waals surface area (Å²) in [7, 11) is 3.41. The number of benzene rings is 1. The van der Waals surface area contributed by atoms with Crippen molar-refractivity contribution in [3.05, 3.63) is 23.8 Å². The molecule has 1 aromatic rings. The van der Waals surface area contributed by atoms with Gasteiger partial charge in [-0.15, -0.1) is 0 Å². The summed E-state index contributed by atoms with van der Waals surface area (Å²) < 4.78 is 10.7. The first-order valence-corrected chi connectivity index (χ1v) is 5.80. The average Bonchev–Trinajstić information content (AvgIpc) is 2.39. The van der Waals surface area contributed by atoms with E-state index in [4.69, 9.17) is 9.47 Å². The number of nitrogens with one attached hydrogen (secondary N) is 1. The average molecular weight is 221 g/mol. The topological polar surface area (TPSA) is 30.5 Å². The normalized spacial score (nSPS) is 20.5. The molecule has 3 nitrogen and oxygen atoms in total. The summed E-state index contributed by atoms with van der Waals surface area (Å²) in [5.74, 6) is 1.84. The van der Waals surface area contributed by atoms with E-state index in [0.29, 0.717) is 6.04 Å². The van der Waals surface area contributed by atoms with Crippen molar-refractivity contribution in [1.82, 2.24) is 5.32 Å². The zero-order valence-corrected chi connectivity index (χ0v) is 9.95. The molecule has 1 saturated heterocycles. The molecule has 1 aliphatic heterocycles. The Morgan fingerprint density at radius 2 is 2.06 bits per heavy atom. The molecule has 16 heavy (non-hydrogen) atoms. The van der Waals surface area contributed by atoms with Gasteiger partial charge in [0.2, 0.25) is 0 Å². The van der Waals surface area contributed by atoms with E-state index < -0.39 is 0 Å². The fourth-order valence-corrected chi connectivity index (χ4v) is 2.23. The van der Waals surface area contributed by atoms with E-state index in [-0.39, 0.29) is 0 Å². The molecule has 1 N–H and O–H groups in total. The van der Waals surface area contributed by atoms with Crippen LogP contribution in [0.25, 0.3) is 0 Å². The molecule has 88 valence electrons. The van der Waals surface area contributed by atoms with Crippen molar-refractivity contribution in [2.75, 3.05) is 20.8 Å². The second kappa shape index (κ2) is 5.21. The molecular weight excluding hydrogens is 202 g/mol. The molecule has 1 aromatic carbocycles. The van der Waals surface area contributed by atoms with E-state index in [1.54, 1.807) is 14.2 Å². The molecule has 0 radical (unpaired) electrons. The minimum atomic E-state index is 0.402. The van der Waals surface area contributed by atoms with Crippen LogP contribution in [-0.2, 0) is 0 Å². The van der Waals surface area contributed by atoms with Crippen molar-refractivity contribution in [1.29, 1.82) is 0 Å². The Balaban J connectivity index is 2.27. The Bertz CT molecular complexity index is 346. The molecule has 0 saturated carbocycles. The number of hydrogen-bond donors (Lipinski definition) is 1. The lowest BCUT2D eigenvalue weighted by molar-refractivity contribution is 0.368. The number of methoxy groups -OCH3 is 2. The lowest BCUT2D eigenvalue weighted by Gasteiger charge is -2.25. The van der Waals surface area contributed by atoms with E-state index >= 15 is 0 Å². The fraction of sp³-hybridized carbons (Fsp3) is 0.538.